The summed E-state index contributed by atoms with van der Waals surface area (Å²) in [5.74, 6) is 2.57. The molecule has 2 N–H and O–H groups in total. The molecule has 0 saturated carbocycles. The Kier molecular flexibility index (Phi) is 2.82. The molecule has 1 aromatic heterocycles. The van der Waals surface area contributed by atoms with Crippen molar-refractivity contribution in [3.8, 4) is 0 Å². The standard InChI is InChI=1S/C15H19N3/c1-11-6-5-9-18-14(16)13(17-15(11)18)10-12-7-3-2-4-8-12/h2-4,7-8,11H,5-6,9-10,16H2,1H3. The summed E-state index contributed by atoms with van der Waals surface area (Å²) in [6.07, 6.45) is 3.26. The zero-order valence-electron chi connectivity index (χ0n) is 10.8. The van der Waals surface area contributed by atoms with E-state index < -0.39 is 0 Å². The summed E-state index contributed by atoms with van der Waals surface area (Å²) in [6, 6.07) is 10.4. The van der Waals surface area contributed by atoms with Crippen LogP contribution in [0.2, 0.25) is 0 Å². The molecule has 2 aromatic rings. The topological polar surface area (TPSA) is 43.8 Å². The highest BCUT2D eigenvalue weighted by Crippen LogP contribution is 2.30. The maximum Gasteiger partial charge on any atom is 0.127 e. The van der Waals surface area contributed by atoms with Crippen molar-refractivity contribution < 1.29 is 0 Å². The number of hydrogen-bond donors (Lipinski definition) is 1. The fourth-order valence-electron chi connectivity index (χ4n) is 2.75. The first-order valence-electron chi connectivity index (χ1n) is 6.64. The van der Waals surface area contributed by atoms with E-state index in [9.17, 15) is 0 Å². The Balaban J connectivity index is 1.94. The number of fused-ring (bicyclic) bond motifs is 1. The van der Waals surface area contributed by atoms with Crippen LogP contribution in [0, 0.1) is 0 Å². The highest BCUT2D eigenvalue weighted by molar-refractivity contribution is 5.42. The van der Waals surface area contributed by atoms with E-state index in [2.05, 4.69) is 35.8 Å². The van der Waals surface area contributed by atoms with Crippen LogP contribution in [0.5, 0.6) is 0 Å². The molecule has 0 spiro atoms. The number of benzene rings is 1. The molecule has 1 aliphatic rings. The molecule has 0 fully saturated rings. The number of anilines is 1. The molecule has 2 heterocycles. The van der Waals surface area contributed by atoms with Gasteiger partial charge >= 0.3 is 0 Å². The molecule has 0 amide bonds. The van der Waals surface area contributed by atoms with E-state index in [0.717, 1.165) is 24.5 Å². The summed E-state index contributed by atoms with van der Waals surface area (Å²) < 4.78 is 2.20. The summed E-state index contributed by atoms with van der Waals surface area (Å²) in [5, 5.41) is 0. The summed E-state index contributed by atoms with van der Waals surface area (Å²) >= 11 is 0. The smallest absolute Gasteiger partial charge is 0.127 e. The third kappa shape index (κ3) is 1.90. The molecule has 0 aliphatic carbocycles. The number of nitrogens with two attached hydrogens (primary N) is 1. The van der Waals surface area contributed by atoms with E-state index in [1.54, 1.807) is 0 Å². The van der Waals surface area contributed by atoms with Crippen LogP contribution in [0.15, 0.2) is 30.3 Å². The average Bonchev–Trinajstić information content (AvgIpc) is 2.70. The number of hydrogen-bond acceptors (Lipinski definition) is 2. The second-order valence-electron chi connectivity index (χ2n) is 5.16. The summed E-state index contributed by atoms with van der Waals surface area (Å²) in [5.41, 5.74) is 8.54. The van der Waals surface area contributed by atoms with Gasteiger partial charge in [0.05, 0.1) is 5.69 Å². The molecule has 94 valence electrons. The van der Waals surface area contributed by atoms with Gasteiger partial charge in [-0.3, -0.25) is 0 Å². The van der Waals surface area contributed by atoms with Gasteiger partial charge in [-0.2, -0.15) is 0 Å². The van der Waals surface area contributed by atoms with Gasteiger partial charge in [0.1, 0.15) is 11.6 Å². The summed E-state index contributed by atoms with van der Waals surface area (Å²) in [7, 11) is 0. The van der Waals surface area contributed by atoms with E-state index in [1.807, 2.05) is 6.07 Å². The number of imidazole rings is 1. The lowest BCUT2D eigenvalue weighted by Gasteiger charge is -2.20. The molecule has 0 radical (unpaired) electrons. The highest BCUT2D eigenvalue weighted by atomic mass is 15.2. The van der Waals surface area contributed by atoms with E-state index in [-0.39, 0.29) is 0 Å². The largest absolute Gasteiger partial charge is 0.384 e. The molecule has 3 rings (SSSR count). The second-order valence-corrected chi connectivity index (χ2v) is 5.16. The quantitative estimate of drug-likeness (QED) is 0.878. The predicted molar refractivity (Wildman–Crippen MR) is 73.5 cm³/mol. The Bertz CT molecular complexity index is 542. The Morgan fingerprint density at radius 1 is 1.33 bits per heavy atom. The van der Waals surface area contributed by atoms with Crippen molar-refractivity contribution in [3.63, 3.8) is 0 Å². The first kappa shape index (κ1) is 11.3. The van der Waals surface area contributed by atoms with Gasteiger partial charge < -0.3 is 10.3 Å². The lowest BCUT2D eigenvalue weighted by molar-refractivity contribution is 0.467. The highest BCUT2D eigenvalue weighted by Gasteiger charge is 2.22. The average molecular weight is 241 g/mol. The minimum atomic E-state index is 0.533. The van der Waals surface area contributed by atoms with E-state index in [1.165, 1.54) is 24.2 Å². The van der Waals surface area contributed by atoms with Crippen LogP contribution in [0.1, 0.15) is 42.8 Å². The maximum absolute atomic E-state index is 6.23. The fourth-order valence-corrected chi connectivity index (χ4v) is 2.75. The Hall–Kier alpha value is -1.77. The molecular weight excluding hydrogens is 222 g/mol. The van der Waals surface area contributed by atoms with Crippen molar-refractivity contribution in [3.05, 3.63) is 47.4 Å². The first-order valence-corrected chi connectivity index (χ1v) is 6.64. The number of nitrogen functional groups attached to an aromatic ring is 1. The first-order chi connectivity index (χ1) is 8.75. The molecule has 1 unspecified atom stereocenters. The molecule has 1 atom stereocenters. The van der Waals surface area contributed by atoms with Crippen molar-refractivity contribution in [2.45, 2.75) is 38.6 Å². The molecule has 0 saturated heterocycles. The van der Waals surface area contributed by atoms with Crippen LogP contribution in [0.4, 0.5) is 5.82 Å². The van der Waals surface area contributed by atoms with Crippen LogP contribution in [0.3, 0.4) is 0 Å². The third-order valence-electron chi connectivity index (χ3n) is 3.79. The number of rotatable bonds is 2. The minimum Gasteiger partial charge on any atom is -0.384 e. The summed E-state index contributed by atoms with van der Waals surface area (Å²) in [6.45, 7) is 3.26. The molecular formula is C15H19N3. The monoisotopic (exact) mass is 241 g/mol. The molecule has 0 bridgehead atoms. The Labute approximate surface area is 108 Å². The molecule has 3 nitrogen and oxygen atoms in total. The van der Waals surface area contributed by atoms with Gasteiger partial charge in [-0.25, -0.2) is 4.98 Å². The van der Waals surface area contributed by atoms with Gasteiger partial charge in [-0.1, -0.05) is 37.3 Å². The van der Waals surface area contributed by atoms with Crippen LogP contribution in [0.25, 0.3) is 0 Å². The molecule has 1 aromatic carbocycles. The second kappa shape index (κ2) is 4.48. The van der Waals surface area contributed by atoms with Crippen molar-refractivity contribution in [2.75, 3.05) is 5.73 Å². The van der Waals surface area contributed by atoms with Crippen molar-refractivity contribution in [1.29, 1.82) is 0 Å². The van der Waals surface area contributed by atoms with Gasteiger partial charge in [-0.05, 0) is 18.4 Å². The summed E-state index contributed by atoms with van der Waals surface area (Å²) in [4.78, 5) is 4.76. The fraction of sp³-hybridized carbons (Fsp3) is 0.400. The predicted octanol–water partition coefficient (Wildman–Crippen LogP) is 2.95. The molecule has 3 heteroatoms. The lowest BCUT2D eigenvalue weighted by atomic mass is 10.0. The van der Waals surface area contributed by atoms with E-state index in [4.69, 9.17) is 10.7 Å². The van der Waals surface area contributed by atoms with Gasteiger partial charge in [0.15, 0.2) is 0 Å². The lowest BCUT2D eigenvalue weighted by Crippen LogP contribution is -2.15. The van der Waals surface area contributed by atoms with Crippen molar-refractivity contribution >= 4 is 5.82 Å². The zero-order chi connectivity index (χ0) is 12.5. The van der Waals surface area contributed by atoms with Crippen molar-refractivity contribution in [1.82, 2.24) is 9.55 Å². The van der Waals surface area contributed by atoms with Gasteiger partial charge in [0.2, 0.25) is 0 Å². The molecule has 18 heavy (non-hydrogen) atoms. The molecule has 1 aliphatic heterocycles. The normalized spacial score (nSPS) is 18.6. The van der Waals surface area contributed by atoms with Crippen LogP contribution >= 0.6 is 0 Å². The Morgan fingerprint density at radius 2 is 2.11 bits per heavy atom. The van der Waals surface area contributed by atoms with Gasteiger partial charge in [0, 0.05) is 18.9 Å². The van der Waals surface area contributed by atoms with Gasteiger partial charge in [-0.15, -0.1) is 0 Å². The van der Waals surface area contributed by atoms with E-state index >= 15 is 0 Å². The van der Waals surface area contributed by atoms with E-state index in [0.29, 0.717) is 5.92 Å². The minimum absolute atomic E-state index is 0.533. The van der Waals surface area contributed by atoms with Crippen molar-refractivity contribution in [2.24, 2.45) is 0 Å². The third-order valence-corrected chi connectivity index (χ3v) is 3.79. The zero-order valence-corrected chi connectivity index (χ0v) is 10.8. The maximum atomic E-state index is 6.23. The van der Waals surface area contributed by atoms with Crippen LogP contribution in [-0.2, 0) is 13.0 Å². The van der Waals surface area contributed by atoms with Crippen LogP contribution < -0.4 is 5.73 Å². The van der Waals surface area contributed by atoms with Gasteiger partial charge in [0.25, 0.3) is 0 Å². The number of nitrogens with zero attached hydrogens (tertiary/aromatic N) is 2. The number of aromatic nitrogens is 2. The SMILES string of the molecule is CC1CCCn2c1nc(Cc1ccccc1)c2N. The van der Waals surface area contributed by atoms with Crippen LogP contribution in [-0.4, -0.2) is 9.55 Å². The Morgan fingerprint density at radius 3 is 2.83 bits per heavy atom.